The first kappa shape index (κ1) is 12.0. The molecule has 3 rings (SSSR count). The summed E-state index contributed by atoms with van der Waals surface area (Å²) in [6.45, 7) is 1.41. The highest BCUT2D eigenvalue weighted by Gasteiger charge is 2.38. The molecule has 1 saturated heterocycles. The Kier molecular flexibility index (Phi) is 3.03. The molecule has 0 aliphatic carbocycles. The second kappa shape index (κ2) is 4.55. The van der Waals surface area contributed by atoms with E-state index in [0.29, 0.717) is 25.5 Å². The lowest BCUT2D eigenvalue weighted by Gasteiger charge is -2.36. The highest BCUT2D eigenvalue weighted by Crippen LogP contribution is 2.39. The molecular formula is C13H15BrN2O2. The van der Waals surface area contributed by atoms with Gasteiger partial charge in [-0.25, -0.2) is 0 Å². The molecule has 2 aliphatic rings. The van der Waals surface area contributed by atoms with Crippen molar-refractivity contribution in [2.45, 2.75) is 24.9 Å². The van der Waals surface area contributed by atoms with Crippen LogP contribution in [0.25, 0.3) is 0 Å². The molecule has 0 atom stereocenters. The zero-order valence-corrected chi connectivity index (χ0v) is 11.5. The van der Waals surface area contributed by atoms with E-state index in [4.69, 9.17) is 14.9 Å². The van der Waals surface area contributed by atoms with E-state index in [1.54, 1.807) is 0 Å². The minimum Gasteiger partial charge on any atom is -0.484 e. The van der Waals surface area contributed by atoms with Crippen LogP contribution in [-0.4, -0.2) is 24.7 Å². The van der Waals surface area contributed by atoms with Gasteiger partial charge in [-0.3, -0.25) is 5.41 Å². The summed E-state index contributed by atoms with van der Waals surface area (Å²) in [5, 5.41) is 11.1. The Morgan fingerprint density at radius 1 is 1.28 bits per heavy atom. The van der Waals surface area contributed by atoms with Crippen LogP contribution in [0.5, 0.6) is 5.75 Å². The van der Waals surface area contributed by atoms with Crippen LogP contribution in [-0.2, 0) is 4.74 Å². The predicted molar refractivity (Wildman–Crippen MR) is 73.5 cm³/mol. The number of amidine groups is 1. The van der Waals surface area contributed by atoms with Crippen LogP contribution in [0.3, 0.4) is 0 Å². The monoisotopic (exact) mass is 310 g/mol. The van der Waals surface area contributed by atoms with Crippen molar-refractivity contribution in [2.75, 3.05) is 18.5 Å². The summed E-state index contributed by atoms with van der Waals surface area (Å²) in [7, 11) is 0. The molecule has 0 amide bonds. The van der Waals surface area contributed by atoms with Gasteiger partial charge in [-0.1, -0.05) is 15.9 Å². The van der Waals surface area contributed by atoms with Crippen LogP contribution in [0.15, 0.2) is 22.7 Å². The van der Waals surface area contributed by atoms with Crippen molar-refractivity contribution < 1.29 is 9.47 Å². The van der Waals surface area contributed by atoms with Crippen LogP contribution >= 0.6 is 15.9 Å². The molecule has 0 bridgehead atoms. The number of benzene rings is 1. The summed E-state index contributed by atoms with van der Waals surface area (Å²) >= 11 is 3.46. The fraction of sp³-hybridized carbons (Fsp3) is 0.462. The predicted octanol–water partition coefficient (Wildman–Crippen LogP) is 3.17. The summed E-state index contributed by atoms with van der Waals surface area (Å²) in [6, 6.07) is 5.84. The van der Waals surface area contributed by atoms with Crippen molar-refractivity contribution in [3.63, 3.8) is 0 Å². The Bertz CT molecular complexity index is 484. The van der Waals surface area contributed by atoms with Gasteiger partial charge >= 0.3 is 0 Å². The van der Waals surface area contributed by atoms with E-state index < -0.39 is 0 Å². The van der Waals surface area contributed by atoms with Gasteiger partial charge in [-0.2, -0.15) is 0 Å². The van der Waals surface area contributed by atoms with E-state index in [9.17, 15) is 0 Å². The highest BCUT2D eigenvalue weighted by molar-refractivity contribution is 9.10. The second-order valence-electron chi connectivity index (χ2n) is 4.82. The largest absolute Gasteiger partial charge is 0.484 e. The molecule has 1 spiro atoms. The van der Waals surface area contributed by atoms with Gasteiger partial charge in [0, 0.05) is 23.7 Å². The maximum absolute atomic E-state index is 8.03. The molecule has 0 radical (unpaired) electrons. The lowest BCUT2D eigenvalue weighted by Crippen LogP contribution is -2.43. The summed E-state index contributed by atoms with van der Waals surface area (Å²) in [5.41, 5.74) is 0.584. The van der Waals surface area contributed by atoms with Crippen molar-refractivity contribution in [3.05, 3.63) is 22.7 Å². The quantitative estimate of drug-likeness (QED) is 0.774. The van der Waals surface area contributed by atoms with Crippen molar-refractivity contribution in [1.82, 2.24) is 0 Å². The molecule has 2 N–H and O–H groups in total. The van der Waals surface area contributed by atoms with Crippen LogP contribution in [0, 0.1) is 5.41 Å². The van der Waals surface area contributed by atoms with Gasteiger partial charge in [-0.05, 0) is 18.2 Å². The van der Waals surface area contributed by atoms with Gasteiger partial charge in [0.15, 0.2) is 0 Å². The number of hydrogen-bond acceptors (Lipinski definition) is 3. The molecule has 0 saturated carbocycles. The van der Waals surface area contributed by atoms with Crippen molar-refractivity contribution in [3.8, 4) is 5.75 Å². The van der Waals surface area contributed by atoms with Crippen LogP contribution in [0.4, 0.5) is 5.69 Å². The van der Waals surface area contributed by atoms with E-state index in [-0.39, 0.29) is 5.60 Å². The summed E-state index contributed by atoms with van der Waals surface area (Å²) < 4.78 is 12.6. The molecule has 1 aromatic carbocycles. The van der Waals surface area contributed by atoms with Crippen LogP contribution < -0.4 is 10.1 Å². The molecule has 4 nitrogen and oxygen atoms in total. The van der Waals surface area contributed by atoms with Gasteiger partial charge < -0.3 is 14.8 Å². The summed E-state index contributed by atoms with van der Waals surface area (Å²) in [5.74, 6) is 1.33. The van der Waals surface area contributed by atoms with E-state index in [1.807, 2.05) is 18.2 Å². The molecule has 0 unspecified atom stereocenters. The SMILES string of the molecule is N=C1CC2(CCOCC2)Oc2cc(Br)ccc2N1. The minimum absolute atomic E-state index is 0.283. The highest BCUT2D eigenvalue weighted by atomic mass is 79.9. The molecular weight excluding hydrogens is 296 g/mol. The van der Waals surface area contributed by atoms with Crippen molar-refractivity contribution in [2.24, 2.45) is 0 Å². The smallest absolute Gasteiger partial charge is 0.144 e. The minimum atomic E-state index is -0.283. The fourth-order valence-corrected chi connectivity index (χ4v) is 2.84. The number of halogens is 1. The van der Waals surface area contributed by atoms with Gasteiger partial charge in [0.05, 0.1) is 18.9 Å². The van der Waals surface area contributed by atoms with Crippen molar-refractivity contribution >= 4 is 27.5 Å². The third-order valence-corrected chi connectivity index (χ3v) is 3.95. The standard InChI is InChI=1S/C13H15BrN2O2/c14-9-1-2-10-11(7-9)18-13(8-12(15)16-10)3-5-17-6-4-13/h1-2,7H,3-6,8H2,(H2,15,16). The molecule has 1 aromatic rings. The van der Waals surface area contributed by atoms with Gasteiger partial charge in [0.1, 0.15) is 17.2 Å². The number of hydrogen-bond donors (Lipinski definition) is 2. The second-order valence-corrected chi connectivity index (χ2v) is 5.73. The van der Waals surface area contributed by atoms with Crippen LogP contribution in [0.1, 0.15) is 19.3 Å². The Balaban J connectivity index is 1.98. The maximum Gasteiger partial charge on any atom is 0.144 e. The molecule has 2 aliphatic heterocycles. The number of fused-ring (bicyclic) bond motifs is 1. The van der Waals surface area contributed by atoms with E-state index >= 15 is 0 Å². The first-order chi connectivity index (χ1) is 8.67. The third-order valence-electron chi connectivity index (χ3n) is 3.46. The molecule has 2 heterocycles. The summed E-state index contributed by atoms with van der Waals surface area (Å²) in [6.07, 6.45) is 2.29. The number of nitrogens with one attached hydrogen (secondary N) is 2. The molecule has 96 valence electrons. The molecule has 18 heavy (non-hydrogen) atoms. The number of ether oxygens (including phenoxy) is 2. The topological polar surface area (TPSA) is 54.3 Å². The summed E-state index contributed by atoms with van der Waals surface area (Å²) in [4.78, 5) is 0. The number of anilines is 1. The van der Waals surface area contributed by atoms with E-state index in [2.05, 4.69) is 21.2 Å². The van der Waals surface area contributed by atoms with E-state index in [0.717, 1.165) is 28.8 Å². The van der Waals surface area contributed by atoms with Crippen LogP contribution in [0.2, 0.25) is 0 Å². The Morgan fingerprint density at radius 3 is 2.83 bits per heavy atom. The molecule has 1 fully saturated rings. The normalized spacial score (nSPS) is 21.7. The first-order valence-electron chi connectivity index (χ1n) is 6.08. The van der Waals surface area contributed by atoms with Gasteiger partial charge in [-0.15, -0.1) is 0 Å². The van der Waals surface area contributed by atoms with E-state index in [1.165, 1.54) is 0 Å². The maximum atomic E-state index is 8.03. The Labute approximate surface area is 114 Å². The fourth-order valence-electron chi connectivity index (χ4n) is 2.50. The third kappa shape index (κ3) is 2.24. The lowest BCUT2D eigenvalue weighted by molar-refractivity contribution is -0.0402. The molecule has 0 aromatic heterocycles. The average molecular weight is 311 g/mol. The number of rotatable bonds is 0. The Hall–Kier alpha value is -1.07. The van der Waals surface area contributed by atoms with Gasteiger partial charge in [0.25, 0.3) is 0 Å². The molecule has 5 heteroatoms. The average Bonchev–Trinajstić information content (AvgIpc) is 2.45. The van der Waals surface area contributed by atoms with Gasteiger partial charge in [0.2, 0.25) is 0 Å². The first-order valence-corrected chi connectivity index (χ1v) is 6.87. The lowest BCUT2D eigenvalue weighted by atomic mass is 9.90. The zero-order chi connectivity index (χ0) is 12.6. The zero-order valence-electron chi connectivity index (χ0n) is 9.96. The Morgan fingerprint density at radius 2 is 2.06 bits per heavy atom. The van der Waals surface area contributed by atoms with Crippen molar-refractivity contribution in [1.29, 1.82) is 5.41 Å².